The van der Waals surface area contributed by atoms with E-state index in [2.05, 4.69) is 9.97 Å². The lowest BCUT2D eigenvalue weighted by Gasteiger charge is -2.01. The first kappa shape index (κ1) is 10.9. The highest BCUT2D eigenvalue weighted by atomic mass is 16.7. The topological polar surface area (TPSA) is 92.0 Å². The van der Waals surface area contributed by atoms with Gasteiger partial charge in [-0.05, 0) is 12.1 Å². The molecule has 3 N–H and O–H groups in total. The second-order valence-electron chi connectivity index (χ2n) is 2.54. The molecule has 6 heteroatoms. The van der Waals surface area contributed by atoms with E-state index in [1.165, 1.54) is 29.6 Å². The molecule has 2 aromatic heterocycles. The van der Waals surface area contributed by atoms with Crippen LogP contribution in [0.4, 0.5) is 0 Å². The zero-order valence-corrected chi connectivity index (χ0v) is 7.91. The third-order valence-electron chi connectivity index (χ3n) is 1.57. The van der Waals surface area contributed by atoms with Crippen molar-refractivity contribution in [2.24, 2.45) is 0 Å². The maximum absolute atomic E-state index is 11.4. The molecule has 0 amide bonds. The van der Waals surface area contributed by atoms with Gasteiger partial charge in [-0.3, -0.25) is 4.98 Å². The maximum Gasteiger partial charge on any atom is 0.365 e. The number of carbonyl (C=O) groups excluding carboxylic acids is 1. The monoisotopic (exact) mass is 206 g/mol. The number of imidazole rings is 1. The van der Waals surface area contributed by atoms with Crippen molar-refractivity contribution in [2.45, 2.75) is 0 Å². The SMILES string of the molecule is N.O=C(On1ccnc1)c1cccnc1. The van der Waals surface area contributed by atoms with E-state index in [0.717, 1.165) is 0 Å². The van der Waals surface area contributed by atoms with Crippen LogP contribution in [0.1, 0.15) is 10.4 Å². The Kier molecular flexibility index (Phi) is 3.53. The highest BCUT2D eigenvalue weighted by Gasteiger charge is 2.07. The Morgan fingerprint density at radius 1 is 1.33 bits per heavy atom. The number of hydrogen-bond acceptors (Lipinski definition) is 5. The van der Waals surface area contributed by atoms with E-state index in [0.29, 0.717) is 5.56 Å². The summed E-state index contributed by atoms with van der Waals surface area (Å²) >= 11 is 0. The summed E-state index contributed by atoms with van der Waals surface area (Å²) in [5.74, 6) is -0.462. The first-order valence-corrected chi connectivity index (χ1v) is 3.97. The molecule has 6 nitrogen and oxygen atoms in total. The summed E-state index contributed by atoms with van der Waals surface area (Å²) < 4.78 is 1.23. The van der Waals surface area contributed by atoms with Gasteiger partial charge in [-0.15, -0.1) is 0 Å². The molecule has 0 spiro atoms. The average Bonchev–Trinajstić information content (AvgIpc) is 2.72. The molecule has 0 aliphatic carbocycles. The summed E-state index contributed by atoms with van der Waals surface area (Å²) in [6.07, 6.45) is 7.49. The number of nitrogens with zero attached hydrogens (tertiary/aromatic N) is 3. The Bertz CT molecular complexity index is 413. The summed E-state index contributed by atoms with van der Waals surface area (Å²) in [5.41, 5.74) is 0.404. The predicted molar refractivity (Wildman–Crippen MR) is 52.4 cm³/mol. The molecule has 0 atom stereocenters. The van der Waals surface area contributed by atoms with Crippen molar-refractivity contribution >= 4 is 5.97 Å². The van der Waals surface area contributed by atoms with Crippen LogP contribution in [-0.4, -0.2) is 20.7 Å². The molecule has 15 heavy (non-hydrogen) atoms. The smallest absolute Gasteiger partial charge is 0.344 e. The summed E-state index contributed by atoms with van der Waals surface area (Å²) in [5, 5.41) is 0. The molecule has 0 saturated carbocycles. The molecule has 0 aliphatic rings. The van der Waals surface area contributed by atoms with E-state index in [4.69, 9.17) is 4.84 Å². The highest BCUT2D eigenvalue weighted by molar-refractivity contribution is 5.89. The molecule has 2 aromatic rings. The largest absolute Gasteiger partial charge is 0.365 e. The van der Waals surface area contributed by atoms with Gasteiger partial charge in [0.15, 0.2) is 0 Å². The molecule has 2 heterocycles. The van der Waals surface area contributed by atoms with Crippen molar-refractivity contribution in [1.29, 1.82) is 0 Å². The molecular formula is C9H10N4O2. The molecule has 78 valence electrons. The fourth-order valence-corrected chi connectivity index (χ4v) is 0.933. The van der Waals surface area contributed by atoms with Crippen molar-refractivity contribution in [3.63, 3.8) is 0 Å². The molecule has 0 radical (unpaired) electrons. The van der Waals surface area contributed by atoms with Crippen molar-refractivity contribution in [2.75, 3.05) is 0 Å². The van der Waals surface area contributed by atoms with Crippen LogP contribution < -0.4 is 11.0 Å². The van der Waals surface area contributed by atoms with Crippen LogP contribution in [0, 0.1) is 0 Å². The second kappa shape index (κ2) is 4.87. The standard InChI is InChI=1S/C9H7N3O2.H3N/c13-9(8-2-1-3-10-6-8)14-12-5-4-11-7-12;/h1-7H;1H3. The van der Waals surface area contributed by atoms with Crippen molar-refractivity contribution in [1.82, 2.24) is 20.8 Å². The minimum Gasteiger partial charge on any atom is -0.344 e. The first-order chi connectivity index (χ1) is 6.86. The van der Waals surface area contributed by atoms with Gasteiger partial charge in [-0.1, -0.05) is 0 Å². The molecule has 0 unspecified atom stereocenters. The fraction of sp³-hybridized carbons (Fsp3) is 0. The van der Waals surface area contributed by atoms with Gasteiger partial charge in [0, 0.05) is 18.6 Å². The van der Waals surface area contributed by atoms with Crippen molar-refractivity contribution in [3.05, 3.63) is 48.8 Å². The Balaban J connectivity index is 0.00000112. The lowest BCUT2D eigenvalue weighted by molar-refractivity contribution is 0.0460. The van der Waals surface area contributed by atoms with Crippen LogP contribution in [-0.2, 0) is 0 Å². The molecule has 2 rings (SSSR count). The number of carbonyl (C=O) groups is 1. The quantitative estimate of drug-likeness (QED) is 0.781. The van der Waals surface area contributed by atoms with E-state index in [-0.39, 0.29) is 6.15 Å². The maximum atomic E-state index is 11.4. The van der Waals surface area contributed by atoms with Crippen LogP contribution in [0.3, 0.4) is 0 Å². The first-order valence-electron chi connectivity index (χ1n) is 3.97. The minimum absolute atomic E-state index is 0. The summed E-state index contributed by atoms with van der Waals surface area (Å²) in [6.45, 7) is 0. The van der Waals surface area contributed by atoms with Crippen LogP contribution in [0.15, 0.2) is 43.2 Å². The average molecular weight is 206 g/mol. The zero-order valence-electron chi connectivity index (χ0n) is 7.91. The number of aromatic nitrogens is 3. The van der Waals surface area contributed by atoms with E-state index >= 15 is 0 Å². The normalized spacial score (nSPS) is 9.07. The van der Waals surface area contributed by atoms with Crippen LogP contribution >= 0.6 is 0 Å². The fourth-order valence-electron chi connectivity index (χ4n) is 0.933. The number of pyridine rings is 1. The van der Waals surface area contributed by atoms with Crippen LogP contribution in [0.5, 0.6) is 0 Å². The van der Waals surface area contributed by atoms with Crippen LogP contribution in [0.2, 0.25) is 0 Å². The van der Waals surface area contributed by atoms with E-state index in [1.54, 1.807) is 18.3 Å². The van der Waals surface area contributed by atoms with Gasteiger partial charge >= 0.3 is 5.97 Å². The van der Waals surface area contributed by atoms with Crippen molar-refractivity contribution in [3.8, 4) is 0 Å². The van der Waals surface area contributed by atoms with E-state index < -0.39 is 5.97 Å². The highest BCUT2D eigenvalue weighted by Crippen LogP contribution is 1.96. The van der Waals surface area contributed by atoms with Gasteiger partial charge in [-0.25, -0.2) is 9.78 Å². The van der Waals surface area contributed by atoms with Crippen LogP contribution in [0.25, 0.3) is 0 Å². The predicted octanol–water partition coefficient (Wildman–Crippen LogP) is 0.709. The summed E-state index contributed by atoms with van der Waals surface area (Å²) in [6, 6.07) is 3.30. The van der Waals surface area contributed by atoms with Gasteiger partial charge in [0.05, 0.1) is 11.8 Å². The van der Waals surface area contributed by atoms with Gasteiger partial charge in [0.2, 0.25) is 0 Å². The number of rotatable bonds is 2. The van der Waals surface area contributed by atoms with Gasteiger partial charge in [-0.2, -0.15) is 4.73 Å². The molecule has 0 aromatic carbocycles. The zero-order chi connectivity index (χ0) is 9.80. The second-order valence-corrected chi connectivity index (χ2v) is 2.54. The van der Waals surface area contributed by atoms with E-state index in [1.807, 2.05) is 0 Å². The lowest BCUT2D eigenvalue weighted by Crippen LogP contribution is -2.18. The van der Waals surface area contributed by atoms with Gasteiger partial charge in [0.1, 0.15) is 6.33 Å². The van der Waals surface area contributed by atoms with Crippen molar-refractivity contribution < 1.29 is 9.63 Å². The van der Waals surface area contributed by atoms with E-state index in [9.17, 15) is 4.79 Å². The Morgan fingerprint density at radius 2 is 2.20 bits per heavy atom. The Morgan fingerprint density at radius 3 is 2.80 bits per heavy atom. The molecule has 0 saturated heterocycles. The molecule has 0 fully saturated rings. The molecule has 0 bridgehead atoms. The lowest BCUT2D eigenvalue weighted by atomic mass is 10.3. The van der Waals surface area contributed by atoms with Gasteiger partial charge < -0.3 is 11.0 Å². The minimum atomic E-state index is -0.462. The Hall–Kier alpha value is -2.21. The summed E-state index contributed by atoms with van der Waals surface area (Å²) in [4.78, 5) is 23.9. The molecule has 0 aliphatic heterocycles. The van der Waals surface area contributed by atoms with Gasteiger partial charge in [0.25, 0.3) is 0 Å². The summed E-state index contributed by atoms with van der Waals surface area (Å²) in [7, 11) is 0. The number of hydrogen-bond donors (Lipinski definition) is 1. The third kappa shape index (κ3) is 2.61. The molecular weight excluding hydrogens is 196 g/mol. The third-order valence-corrected chi connectivity index (χ3v) is 1.57. The Labute approximate surface area is 86.1 Å².